The molecule has 2 rings (SSSR count). The van der Waals surface area contributed by atoms with Gasteiger partial charge >= 0.3 is 0 Å². The Morgan fingerprint density at radius 3 is 2.28 bits per heavy atom. The molecule has 1 atom stereocenters. The van der Waals surface area contributed by atoms with Crippen LogP contribution in [0.25, 0.3) is 0 Å². The van der Waals surface area contributed by atoms with Crippen LogP contribution in [0.15, 0.2) is 46.9 Å². The standard InChI is InChI=1S/C14H12BrCl2N/c15-10-4-1-3-9(7-10)8-13(18)14-11(16)5-2-6-12(14)17/h1-7,13H,8,18H2. The predicted molar refractivity (Wildman–Crippen MR) is 81.2 cm³/mol. The van der Waals surface area contributed by atoms with Gasteiger partial charge in [0.05, 0.1) is 0 Å². The molecule has 0 aliphatic heterocycles. The van der Waals surface area contributed by atoms with Gasteiger partial charge in [0.1, 0.15) is 0 Å². The van der Waals surface area contributed by atoms with Crippen molar-refractivity contribution in [2.45, 2.75) is 12.5 Å². The molecule has 2 aromatic carbocycles. The van der Waals surface area contributed by atoms with E-state index in [1.165, 1.54) is 0 Å². The summed E-state index contributed by atoms with van der Waals surface area (Å²) in [5.74, 6) is 0. The minimum absolute atomic E-state index is 0.208. The number of halogens is 3. The second kappa shape index (κ2) is 6.07. The van der Waals surface area contributed by atoms with E-state index in [9.17, 15) is 0 Å². The molecule has 18 heavy (non-hydrogen) atoms. The normalized spacial score (nSPS) is 12.4. The van der Waals surface area contributed by atoms with Crippen LogP contribution in [0.1, 0.15) is 17.2 Å². The van der Waals surface area contributed by atoms with Crippen molar-refractivity contribution in [1.82, 2.24) is 0 Å². The lowest BCUT2D eigenvalue weighted by Gasteiger charge is -2.15. The van der Waals surface area contributed by atoms with Crippen molar-refractivity contribution in [1.29, 1.82) is 0 Å². The molecule has 0 radical (unpaired) electrons. The van der Waals surface area contributed by atoms with Crippen LogP contribution in [-0.4, -0.2) is 0 Å². The van der Waals surface area contributed by atoms with E-state index in [2.05, 4.69) is 15.9 Å². The van der Waals surface area contributed by atoms with Gasteiger partial charge in [-0.1, -0.05) is 57.3 Å². The van der Waals surface area contributed by atoms with Crippen molar-refractivity contribution < 1.29 is 0 Å². The van der Waals surface area contributed by atoms with Crippen molar-refractivity contribution in [2.24, 2.45) is 5.73 Å². The summed E-state index contributed by atoms with van der Waals surface area (Å²) in [5.41, 5.74) is 8.15. The fraction of sp³-hybridized carbons (Fsp3) is 0.143. The summed E-state index contributed by atoms with van der Waals surface area (Å²) >= 11 is 15.7. The molecular weight excluding hydrogens is 333 g/mol. The molecule has 0 amide bonds. The lowest BCUT2D eigenvalue weighted by atomic mass is 9.99. The van der Waals surface area contributed by atoms with Crippen LogP contribution >= 0.6 is 39.1 Å². The number of hydrogen-bond acceptors (Lipinski definition) is 1. The quantitative estimate of drug-likeness (QED) is 0.833. The lowest BCUT2D eigenvalue weighted by Crippen LogP contribution is -2.14. The molecule has 2 aromatic rings. The molecule has 4 heteroatoms. The van der Waals surface area contributed by atoms with E-state index in [0.717, 1.165) is 15.6 Å². The fourth-order valence-electron chi connectivity index (χ4n) is 1.88. The summed E-state index contributed by atoms with van der Waals surface area (Å²) in [4.78, 5) is 0. The molecule has 94 valence electrons. The van der Waals surface area contributed by atoms with Gasteiger partial charge < -0.3 is 5.73 Å². The molecule has 0 aliphatic rings. The summed E-state index contributed by atoms with van der Waals surface area (Å²) in [7, 11) is 0. The maximum Gasteiger partial charge on any atom is 0.0468 e. The minimum atomic E-state index is -0.208. The number of hydrogen-bond donors (Lipinski definition) is 1. The molecule has 1 nitrogen and oxygen atoms in total. The first kappa shape index (κ1) is 13.9. The van der Waals surface area contributed by atoms with Gasteiger partial charge in [0.2, 0.25) is 0 Å². The van der Waals surface area contributed by atoms with E-state index >= 15 is 0 Å². The minimum Gasteiger partial charge on any atom is -0.324 e. The Balaban J connectivity index is 2.25. The topological polar surface area (TPSA) is 26.0 Å². The molecule has 2 N–H and O–H groups in total. The molecular formula is C14H12BrCl2N. The monoisotopic (exact) mass is 343 g/mol. The Morgan fingerprint density at radius 1 is 1.06 bits per heavy atom. The number of rotatable bonds is 3. The van der Waals surface area contributed by atoms with Crippen LogP contribution in [0.5, 0.6) is 0 Å². The lowest BCUT2D eigenvalue weighted by molar-refractivity contribution is 0.722. The zero-order valence-electron chi connectivity index (χ0n) is 9.54. The summed E-state index contributed by atoms with van der Waals surface area (Å²) < 4.78 is 1.04. The molecule has 0 heterocycles. The molecule has 1 unspecified atom stereocenters. The fourth-order valence-corrected chi connectivity index (χ4v) is 3.01. The first-order valence-corrected chi connectivity index (χ1v) is 7.07. The van der Waals surface area contributed by atoms with E-state index in [1.54, 1.807) is 0 Å². The third-order valence-corrected chi connectivity index (χ3v) is 3.87. The third kappa shape index (κ3) is 3.27. The Kier molecular flexibility index (Phi) is 4.68. The molecule has 0 saturated heterocycles. The van der Waals surface area contributed by atoms with Gasteiger partial charge in [-0.05, 0) is 36.2 Å². The van der Waals surface area contributed by atoms with Crippen LogP contribution in [-0.2, 0) is 6.42 Å². The molecule has 0 saturated carbocycles. The Bertz CT molecular complexity index is 537. The highest BCUT2D eigenvalue weighted by Crippen LogP contribution is 2.31. The highest BCUT2D eigenvalue weighted by Gasteiger charge is 2.14. The Hall–Kier alpha value is -0.540. The first-order valence-electron chi connectivity index (χ1n) is 5.52. The SMILES string of the molecule is NC(Cc1cccc(Br)c1)c1c(Cl)cccc1Cl. The largest absolute Gasteiger partial charge is 0.324 e. The highest BCUT2D eigenvalue weighted by molar-refractivity contribution is 9.10. The molecule has 0 bridgehead atoms. The summed E-state index contributed by atoms with van der Waals surface area (Å²) in [6.45, 7) is 0. The number of nitrogens with two attached hydrogens (primary N) is 1. The van der Waals surface area contributed by atoms with Crippen LogP contribution < -0.4 is 5.73 Å². The molecule has 0 spiro atoms. The van der Waals surface area contributed by atoms with Crippen molar-refractivity contribution in [3.63, 3.8) is 0 Å². The maximum absolute atomic E-state index is 6.19. The van der Waals surface area contributed by atoms with Gasteiger partial charge in [0.15, 0.2) is 0 Å². The van der Waals surface area contributed by atoms with E-state index in [0.29, 0.717) is 16.5 Å². The average Bonchev–Trinajstić information content (AvgIpc) is 2.28. The van der Waals surface area contributed by atoms with Crippen molar-refractivity contribution in [3.8, 4) is 0 Å². The van der Waals surface area contributed by atoms with Gasteiger partial charge in [-0.15, -0.1) is 0 Å². The Morgan fingerprint density at radius 2 is 1.67 bits per heavy atom. The van der Waals surface area contributed by atoms with Crippen LogP contribution in [0.4, 0.5) is 0 Å². The number of benzene rings is 2. The van der Waals surface area contributed by atoms with Crippen molar-refractivity contribution >= 4 is 39.1 Å². The molecule has 0 aliphatic carbocycles. The van der Waals surface area contributed by atoms with Gasteiger partial charge in [-0.25, -0.2) is 0 Å². The van der Waals surface area contributed by atoms with E-state index in [4.69, 9.17) is 28.9 Å². The van der Waals surface area contributed by atoms with Gasteiger partial charge in [0, 0.05) is 26.1 Å². The third-order valence-electron chi connectivity index (χ3n) is 2.72. The van der Waals surface area contributed by atoms with E-state index in [1.807, 2.05) is 42.5 Å². The first-order chi connectivity index (χ1) is 8.58. The zero-order valence-corrected chi connectivity index (χ0v) is 12.6. The molecule has 0 fully saturated rings. The van der Waals surface area contributed by atoms with Crippen molar-refractivity contribution in [3.05, 3.63) is 68.1 Å². The van der Waals surface area contributed by atoms with Gasteiger partial charge in [-0.3, -0.25) is 0 Å². The predicted octanol–water partition coefficient (Wildman–Crippen LogP) is 5.00. The Labute approximate surface area is 125 Å². The maximum atomic E-state index is 6.19. The van der Waals surface area contributed by atoms with Gasteiger partial charge in [0.25, 0.3) is 0 Å². The summed E-state index contributed by atoms with van der Waals surface area (Å²) in [6.07, 6.45) is 0.697. The van der Waals surface area contributed by atoms with Crippen LogP contribution in [0.2, 0.25) is 10.0 Å². The second-order valence-electron chi connectivity index (χ2n) is 4.08. The van der Waals surface area contributed by atoms with E-state index < -0.39 is 0 Å². The van der Waals surface area contributed by atoms with E-state index in [-0.39, 0.29) is 6.04 Å². The average molecular weight is 345 g/mol. The highest BCUT2D eigenvalue weighted by atomic mass is 79.9. The van der Waals surface area contributed by atoms with Crippen LogP contribution in [0, 0.1) is 0 Å². The summed E-state index contributed by atoms with van der Waals surface area (Å²) in [5, 5.41) is 1.23. The van der Waals surface area contributed by atoms with Gasteiger partial charge in [-0.2, -0.15) is 0 Å². The molecule has 0 aromatic heterocycles. The van der Waals surface area contributed by atoms with Crippen LogP contribution in [0.3, 0.4) is 0 Å². The summed E-state index contributed by atoms with van der Waals surface area (Å²) in [6, 6.07) is 13.3. The zero-order chi connectivity index (χ0) is 13.1. The second-order valence-corrected chi connectivity index (χ2v) is 5.81. The smallest absolute Gasteiger partial charge is 0.0468 e. The van der Waals surface area contributed by atoms with Crippen molar-refractivity contribution in [2.75, 3.05) is 0 Å².